The predicted octanol–water partition coefficient (Wildman–Crippen LogP) is 5.34. The third-order valence-corrected chi connectivity index (χ3v) is 5.00. The van der Waals surface area contributed by atoms with Crippen LogP contribution in [0.2, 0.25) is 4.34 Å². The van der Waals surface area contributed by atoms with Gasteiger partial charge in [0.25, 0.3) is 5.91 Å². The van der Waals surface area contributed by atoms with Crippen molar-refractivity contribution in [3.05, 3.63) is 81.5 Å². The molecular weight excluding hydrogens is 398 g/mol. The smallest absolute Gasteiger partial charge is 0.349 e. The molecule has 0 fully saturated rings. The first-order chi connectivity index (χ1) is 13.6. The number of hydrogen-bond donors (Lipinski definition) is 1. The zero-order chi connectivity index (χ0) is 19.9. The highest BCUT2D eigenvalue weighted by Gasteiger charge is 2.27. The van der Waals surface area contributed by atoms with Gasteiger partial charge < -0.3 is 14.8 Å². The Hall–Kier alpha value is -2.83. The molecule has 0 saturated heterocycles. The Morgan fingerprint density at radius 2 is 1.75 bits per heavy atom. The molecule has 5 nitrogen and oxygen atoms in total. The van der Waals surface area contributed by atoms with Crippen LogP contribution in [0.1, 0.15) is 28.3 Å². The Kier molecular flexibility index (Phi) is 6.68. The summed E-state index contributed by atoms with van der Waals surface area (Å²) in [6.07, 6.45) is -1.12. The maximum absolute atomic E-state index is 13.0. The summed E-state index contributed by atoms with van der Waals surface area (Å²) in [6, 6.07) is 19.1. The summed E-state index contributed by atoms with van der Waals surface area (Å²) >= 11 is 6.99. The van der Waals surface area contributed by atoms with Gasteiger partial charge in [-0.15, -0.1) is 11.3 Å². The number of carbonyl (C=O) groups is 2. The first-order valence-electron chi connectivity index (χ1n) is 8.62. The molecule has 1 atom stereocenters. The normalized spacial score (nSPS) is 11.5. The molecule has 0 aliphatic rings. The van der Waals surface area contributed by atoms with Gasteiger partial charge in [-0.05, 0) is 31.2 Å². The highest BCUT2D eigenvalue weighted by molar-refractivity contribution is 7.17. The summed E-state index contributed by atoms with van der Waals surface area (Å²) < 4.78 is 11.5. The van der Waals surface area contributed by atoms with Gasteiger partial charge in [0.15, 0.2) is 0 Å². The molecule has 3 rings (SSSR count). The monoisotopic (exact) mass is 415 g/mol. The third-order valence-electron chi connectivity index (χ3n) is 3.78. The lowest BCUT2D eigenvalue weighted by Gasteiger charge is -2.19. The highest BCUT2D eigenvalue weighted by atomic mass is 35.5. The average Bonchev–Trinajstić information content (AvgIpc) is 3.15. The average molecular weight is 416 g/mol. The second kappa shape index (κ2) is 9.39. The van der Waals surface area contributed by atoms with Crippen LogP contribution in [-0.4, -0.2) is 18.5 Å². The number of para-hydroxylation sites is 2. The van der Waals surface area contributed by atoms with Crippen molar-refractivity contribution in [3.8, 4) is 5.75 Å². The first-order valence-corrected chi connectivity index (χ1v) is 9.82. The van der Waals surface area contributed by atoms with E-state index in [1.54, 1.807) is 54.6 Å². The van der Waals surface area contributed by atoms with E-state index in [-0.39, 0.29) is 0 Å². The summed E-state index contributed by atoms with van der Waals surface area (Å²) in [5.74, 6) is -0.546. The van der Waals surface area contributed by atoms with Gasteiger partial charge in [-0.3, -0.25) is 4.79 Å². The van der Waals surface area contributed by atoms with Crippen LogP contribution in [0.4, 0.5) is 5.69 Å². The van der Waals surface area contributed by atoms with Crippen molar-refractivity contribution in [3.63, 3.8) is 0 Å². The molecule has 1 heterocycles. The Morgan fingerprint density at radius 3 is 2.43 bits per heavy atom. The Labute approximate surface area is 171 Å². The van der Waals surface area contributed by atoms with Crippen LogP contribution in [0.15, 0.2) is 66.7 Å². The van der Waals surface area contributed by atoms with Gasteiger partial charge in [0.1, 0.15) is 10.6 Å². The van der Waals surface area contributed by atoms with Gasteiger partial charge in [-0.1, -0.05) is 54.1 Å². The summed E-state index contributed by atoms with van der Waals surface area (Å²) in [4.78, 5) is 25.8. The van der Waals surface area contributed by atoms with Crippen molar-refractivity contribution in [1.29, 1.82) is 0 Å². The molecular formula is C21H18ClNO4S. The van der Waals surface area contributed by atoms with E-state index in [0.29, 0.717) is 32.8 Å². The van der Waals surface area contributed by atoms with E-state index in [4.69, 9.17) is 21.1 Å². The molecule has 7 heteroatoms. The Bertz CT molecular complexity index is 958. The maximum Gasteiger partial charge on any atom is 0.349 e. The molecule has 0 radical (unpaired) electrons. The minimum absolute atomic E-state index is 0.327. The number of benzene rings is 2. The lowest BCUT2D eigenvalue weighted by atomic mass is 10.1. The standard InChI is InChI=1S/C21H18ClNO4S/c1-2-26-16-11-7-6-10-15(16)23-20(24)19(14-8-4-3-5-9-14)27-21(25)17-12-13-18(22)28-17/h3-13,19H,2H2,1H3,(H,23,24)/t19-/m1/s1. The van der Waals surface area contributed by atoms with Crippen LogP contribution >= 0.6 is 22.9 Å². The van der Waals surface area contributed by atoms with Crippen molar-refractivity contribution in [2.75, 3.05) is 11.9 Å². The van der Waals surface area contributed by atoms with Crippen LogP contribution in [0.25, 0.3) is 0 Å². The fraction of sp³-hybridized carbons (Fsp3) is 0.143. The minimum atomic E-state index is -1.12. The fourth-order valence-electron chi connectivity index (χ4n) is 2.54. The lowest BCUT2D eigenvalue weighted by molar-refractivity contribution is -0.125. The van der Waals surface area contributed by atoms with E-state index in [1.807, 2.05) is 19.1 Å². The van der Waals surface area contributed by atoms with Crippen molar-refractivity contribution in [2.45, 2.75) is 13.0 Å². The SMILES string of the molecule is CCOc1ccccc1NC(=O)[C@H](OC(=O)c1ccc(Cl)s1)c1ccccc1. The van der Waals surface area contributed by atoms with Crippen LogP contribution in [0, 0.1) is 0 Å². The molecule has 0 aliphatic heterocycles. The van der Waals surface area contributed by atoms with Gasteiger partial charge >= 0.3 is 5.97 Å². The molecule has 1 N–H and O–H groups in total. The number of hydrogen-bond acceptors (Lipinski definition) is 5. The molecule has 2 aromatic carbocycles. The molecule has 0 unspecified atom stereocenters. The number of thiophene rings is 1. The Morgan fingerprint density at radius 1 is 1.04 bits per heavy atom. The van der Waals surface area contributed by atoms with Gasteiger partial charge in [-0.2, -0.15) is 0 Å². The van der Waals surface area contributed by atoms with Gasteiger partial charge in [0.2, 0.25) is 6.10 Å². The maximum atomic E-state index is 13.0. The molecule has 1 aromatic heterocycles. The number of nitrogens with one attached hydrogen (secondary N) is 1. The van der Waals surface area contributed by atoms with Gasteiger partial charge in [0, 0.05) is 5.56 Å². The fourth-order valence-corrected chi connectivity index (χ4v) is 3.47. The number of ether oxygens (including phenoxy) is 2. The number of esters is 1. The van der Waals surface area contributed by atoms with E-state index in [0.717, 1.165) is 11.3 Å². The summed E-state index contributed by atoms with van der Waals surface area (Å²) in [5, 5.41) is 2.79. The quantitative estimate of drug-likeness (QED) is 0.529. The van der Waals surface area contributed by atoms with E-state index in [9.17, 15) is 9.59 Å². The summed E-state index contributed by atoms with van der Waals surface area (Å²) in [6.45, 7) is 2.32. The third kappa shape index (κ3) is 4.91. The molecule has 144 valence electrons. The van der Waals surface area contributed by atoms with Crippen molar-refractivity contribution in [2.24, 2.45) is 0 Å². The van der Waals surface area contributed by atoms with Gasteiger partial charge in [0.05, 0.1) is 16.6 Å². The van der Waals surface area contributed by atoms with E-state index < -0.39 is 18.0 Å². The summed E-state index contributed by atoms with van der Waals surface area (Å²) in [5.41, 5.74) is 1.07. The van der Waals surface area contributed by atoms with Crippen molar-refractivity contribution in [1.82, 2.24) is 0 Å². The van der Waals surface area contributed by atoms with Crippen LogP contribution < -0.4 is 10.1 Å². The topological polar surface area (TPSA) is 64.6 Å². The minimum Gasteiger partial charge on any atom is -0.492 e. The summed E-state index contributed by atoms with van der Waals surface area (Å²) in [7, 11) is 0. The number of amides is 1. The first kappa shape index (κ1) is 19.9. The van der Waals surface area contributed by atoms with E-state index in [2.05, 4.69) is 5.32 Å². The number of halogens is 1. The molecule has 0 spiro atoms. The number of anilines is 1. The predicted molar refractivity (Wildman–Crippen MR) is 110 cm³/mol. The molecule has 0 saturated carbocycles. The number of rotatable bonds is 7. The van der Waals surface area contributed by atoms with E-state index >= 15 is 0 Å². The van der Waals surface area contributed by atoms with Crippen LogP contribution in [-0.2, 0) is 9.53 Å². The molecule has 1 amide bonds. The van der Waals surface area contributed by atoms with Crippen molar-refractivity contribution < 1.29 is 19.1 Å². The van der Waals surface area contributed by atoms with E-state index in [1.165, 1.54) is 0 Å². The molecule has 28 heavy (non-hydrogen) atoms. The zero-order valence-electron chi connectivity index (χ0n) is 15.1. The van der Waals surface area contributed by atoms with Crippen molar-refractivity contribution >= 4 is 40.5 Å². The Balaban J connectivity index is 1.85. The zero-order valence-corrected chi connectivity index (χ0v) is 16.6. The van der Waals surface area contributed by atoms with Crippen LogP contribution in [0.3, 0.4) is 0 Å². The second-order valence-corrected chi connectivity index (χ2v) is 7.43. The molecule has 0 bridgehead atoms. The number of carbonyl (C=O) groups excluding carboxylic acids is 2. The molecule has 3 aromatic rings. The highest BCUT2D eigenvalue weighted by Crippen LogP contribution is 2.28. The van der Waals surface area contributed by atoms with Gasteiger partial charge in [-0.25, -0.2) is 4.79 Å². The second-order valence-electron chi connectivity index (χ2n) is 5.72. The van der Waals surface area contributed by atoms with Crippen LogP contribution in [0.5, 0.6) is 5.75 Å². The lowest BCUT2D eigenvalue weighted by Crippen LogP contribution is -2.26. The molecule has 0 aliphatic carbocycles. The largest absolute Gasteiger partial charge is 0.492 e.